The van der Waals surface area contributed by atoms with Crippen LogP contribution in [0.25, 0.3) is 44.8 Å². The lowest BCUT2D eigenvalue weighted by atomic mass is 10.1. The Hall–Kier alpha value is -7.22. The Balaban J connectivity index is 0.000000249. The van der Waals surface area contributed by atoms with E-state index in [9.17, 15) is 24.3 Å². The number of imidazole rings is 2. The highest BCUT2D eigenvalue weighted by atomic mass is 35.5. The summed E-state index contributed by atoms with van der Waals surface area (Å²) in [4.78, 5) is 60.3. The van der Waals surface area contributed by atoms with Crippen molar-refractivity contribution >= 4 is 78.0 Å². The zero-order valence-corrected chi connectivity index (χ0v) is 47.3. The lowest BCUT2D eigenvalue weighted by Gasteiger charge is -2.35. The number of para-hydroxylation sites is 4. The van der Waals surface area contributed by atoms with Crippen LogP contribution in [-0.2, 0) is 15.8 Å². The highest BCUT2D eigenvalue weighted by molar-refractivity contribution is 6.74. The van der Waals surface area contributed by atoms with Crippen LogP contribution in [0.5, 0.6) is 11.5 Å². The number of nitrogen functional groups attached to an aromatic ring is 1. The van der Waals surface area contributed by atoms with Gasteiger partial charge in [-0.2, -0.15) is 0 Å². The molecule has 0 aliphatic carbocycles. The molecule has 0 unspecified atom stereocenters. The number of hydrogen-bond acceptors (Lipinski definition) is 12. The van der Waals surface area contributed by atoms with E-state index >= 15 is 0 Å². The van der Waals surface area contributed by atoms with E-state index in [1.54, 1.807) is 47.5 Å². The largest absolute Gasteiger partial charge is 0.489 e. The summed E-state index contributed by atoms with van der Waals surface area (Å²) in [7, 11) is -1.66. The zero-order valence-electron chi connectivity index (χ0n) is 44.8. The first-order valence-electron chi connectivity index (χ1n) is 24.9. The van der Waals surface area contributed by atoms with Gasteiger partial charge in [0.25, 0.3) is 11.8 Å². The number of aromatic amines is 2. The Morgan fingerprint density at radius 2 is 1.18 bits per heavy atom. The smallest absolute Gasteiger partial charge is 0.265 e. The predicted molar refractivity (Wildman–Crippen MR) is 315 cm³/mol. The Bertz CT molecular complexity index is 3130. The van der Waals surface area contributed by atoms with Crippen LogP contribution in [0.4, 0.5) is 0 Å². The van der Waals surface area contributed by atoms with Crippen LogP contribution in [-0.4, -0.2) is 94.7 Å². The number of halogens is 2. The number of amides is 2. The van der Waals surface area contributed by atoms with Gasteiger partial charge in [-0.15, -0.1) is 0 Å². The molecule has 2 amide bonds. The number of aliphatic hydroxyl groups excluding tert-OH is 1. The van der Waals surface area contributed by atoms with Crippen LogP contribution in [0.3, 0.4) is 0 Å². The molecular formula is C59H72Cl2N8O8Si. The van der Waals surface area contributed by atoms with Crippen molar-refractivity contribution in [2.75, 3.05) is 19.8 Å². The fourth-order valence-electron chi connectivity index (χ4n) is 6.92. The third kappa shape index (κ3) is 18.8. The van der Waals surface area contributed by atoms with E-state index in [4.69, 9.17) is 42.9 Å². The summed E-state index contributed by atoms with van der Waals surface area (Å²) in [6, 6.07) is 40.8. The van der Waals surface area contributed by atoms with Crippen molar-refractivity contribution in [2.45, 2.75) is 92.8 Å². The van der Waals surface area contributed by atoms with Gasteiger partial charge in [-0.3, -0.25) is 25.2 Å². The van der Waals surface area contributed by atoms with Crippen LogP contribution in [0.2, 0.25) is 28.2 Å². The second-order valence-electron chi connectivity index (χ2n) is 19.6. The number of nitrogens with two attached hydrogens (primary N) is 1. The van der Waals surface area contributed by atoms with E-state index < -0.39 is 8.32 Å². The van der Waals surface area contributed by atoms with Crippen molar-refractivity contribution in [1.29, 1.82) is 0 Å². The number of nitrogens with one attached hydrogen (secondary N) is 4. The Morgan fingerprint density at radius 1 is 0.718 bits per heavy atom. The van der Waals surface area contributed by atoms with Crippen LogP contribution in [0, 0.1) is 0 Å². The molecule has 2 heterocycles. The van der Waals surface area contributed by atoms with E-state index in [0.29, 0.717) is 44.8 Å². The molecule has 0 spiro atoms. The molecule has 8 aromatic rings. The first-order chi connectivity index (χ1) is 36.6. The minimum absolute atomic E-state index is 0. The SMILES string of the molecule is C.CC(C)(C)[Si](C)(C)OCC=O.CC(C)Oc1ccc(C(=O)NN(CCO)Cc2ccc(-c3nc4ccccc4[nH]3)cc2)cc1Cl.CC(C)Oc1ccc(C(=O)NN)cc1Cl.O=Cc1ccc(-c2nc3ccccc3[nH]2)cc1. The molecule has 8 rings (SSSR count). The van der Waals surface area contributed by atoms with Crippen molar-refractivity contribution in [2.24, 2.45) is 5.84 Å². The number of aliphatic hydroxyl groups is 1. The Kier molecular flexibility index (Phi) is 24.4. The second-order valence-corrected chi connectivity index (χ2v) is 25.2. The molecule has 7 N–H and O–H groups in total. The number of H-pyrrole nitrogens is 2. The van der Waals surface area contributed by atoms with Crippen LogP contribution in [0.1, 0.15) is 92.5 Å². The fraction of sp³-hybridized carbons (Fsp3) is 0.288. The lowest BCUT2D eigenvalue weighted by Crippen LogP contribution is -2.43. The molecule has 0 fully saturated rings. The van der Waals surface area contributed by atoms with E-state index in [-0.39, 0.29) is 56.2 Å². The summed E-state index contributed by atoms with van der Waals surface area (Å²) < 4.78 is 16.6. The number of nitrogens with zero attached hydrogens (tertiary/aromatic N) is 3. The highest BCUT2D eigenvalue weighted by Crippen LogP contribution is 2.36. The monoisotopic (exact) mass is 1120 g/mol. The van der Waals surface area contributed by atoms with Gasteiger partial charge in [0.05, 0.1) is 57.5 Å². The number of hydrazine groups is 2. The van der Waals surface area contributed by atoms with Gasteiger partial charge in [0.2, 0.25) is 0 Å². The van der Waals surface area contributed by atoms with Gasteiger partial charge in [0, 0.05) is 40.9 Å². The quantitative estimate of drug-likeness (QED) is 0.0165. The van der Waals surface area contributed by atoms with Crippen LogP contribution >= 0.6 is 23.2 Å². The number of carbonyl (C=O) groups is 4. The fourth-order valence-corrected chi connectivity index (χ4v) is 8.28. The number of fused-ring (bicyclic) bond motifs is 2. The second kappa shape index (κ2) is 30.1. The molecular weight excluding hydrogens is 1050 g/mol. The molecule has 0 aliphatic rings. The number of rotatable bonds is 17. The molecule has 0 aliphatic heterocycles. The molecule has 414 valence electrons. The average molecular weight is 1120 g/mol. The molecule has 0 radical (unpaired) electrons. The molecule has 0 atom stereocenters. The maximum atomic E-state index is 12.8. The van der Waals surface area contributed by atoms with Crippen LogP contribution in [0.15, 0.2) is 133 Å². The van der Waals surface area contributed by atoms with Gasteiger partial charge in [-0.1, -0.05) is 124 Å². The van der Waals surface area contributed by atoms with Gasteiger partial charge in [-0.05, 0) is 112 Å². The summed E-state index contributed by atoms with van der Waals surface area (Å²) in [5, 5.41) is 12.1. The Labute approximate surface area is 468 Å². The molecule has 0 saturated carbocycles. The summed E-state index contributed by atoms with van der Waals surface area (Å²) in [5.74, 6) is 7.02. The van der Waals surface area contributed by atoms with E-state index in [0.717, 1.165) is 63.0 Å². The molecule has 19 heteroatoms. The van der Waals surface area contributed by atoms with Crippen LogP contribution < -0.4 is 26.2 Å². The number of aromatic nitrogens is 4. The maximum absolute atomic E-state index is 12.8. The van der Waals surface area contributed by atoms with Gasteiger partial charge in [0.1, 0.15) is 35.7 Å². The number of carbonyl (C=O) groups excluding carboxylic acids is 4. The summed E-state index contributed by atoms with van der Waals surface area (Å²) >= 11 is 12.2. The first kappa shape index (κ1) is 63.3. The number of hydrogen-bond donors (Lipinski definition) is 6. The third-order valence-corrected chi connectivity index (χ3v) is 17.0. The van der Waals surface area contributed by atoms with Crippen molar-refractivity contribution in [3.05, 3.63) is 166 Å². The zero-order chi connectivity index (χ0) is 56.3. The normalized spacial score (nSPS) is 11.1. The molecule has 78 heavy (non-hydrogen) atoms. The van der Waals surface area contributed by atoms with Gasteiger partial charge in [0.15, 0.2) is 8.32 Å². The number of benzene rings is 6. The van der Waals surface area contributed by atoms with E-state index in [1.165, 1.54) is 6.07 Å². The predicted octanol–water partition coefficient (Wildman–Crippen LogP) is 12.4. The summed E-state index contributed by atoms with van der Waals surface area (Å²) in [6.07, 6.45) is 1.68. The maximum Gasteiger partial charge on any atom is 0.265 e. The minimum atomic E-state index is -1.66. The molecule has 2 aromatic heterocycles. The summed E-state index contributed by atoms with van der Waals surface area (Å²) in [6.45, 7) is 19.2. The topological polar surface area (TPSA) is 227 Å². The molecule has 0 bridgehead atoms. The first-order valence-corrected chi connectivity index (χ1v) is 28.5. The lowest BCUT2D eigenvalue weighted by molar-refractivity contribution is -0.109. The van der Waals surface area contributed by atoms with Crippen molar-refractivity contribution < 1.29 is 38.2 Å². The van der Waals surface area contributed by atoms with Crippen molar-refractivity contribution in [3.8, 4) is 34.3 Å². The number of ether oxygens (including phenoxy) is 2. The van der Waals surface area contributed by atoms with Gasteiger partial charge >= 0.3 is 0 Å². The van der Waals surface area contributed by atoms with Crippen molar-refractivity contribution in [1.82, 2.24) is 35.8 Å². The third-order valence-electron chi connectivity index (χ3n) is 11.9. The van der Waals surface area contributed by atoms with E-state index in [1.807, 2.05) is 118 Å². The highest BCUT2D eigenvalue weighted by Gasteiger charge is 2.36. The number of aldehydes is 2. The van der Waals surface area contributed by atoms with Gasteiger partial charge in [-0.25, -0.2) is 20.8 Å². The molecule has 0 saturated heterocycles. The van der Waals surface area contributed by atoms with E-state index in [2.05, 4.69) is 59.2 Å². The van der Waals surface area contributed by atoms with Crippen molar-refractivity contribution in [3.63, 3.8) is 0 Å². The summed E-state index contributed by atoms with van der Waals surface area (Å²) in [5.41, 5.74) is 13.2. The minimum Gasteiger partial charge on any atom is -0.489 e. The average Bonchev–Trinajstić information content (AvgIpc) is 4.07. The van der Waals surface area contributed by atoms with Gasteiger partial charge < -0.3 is 33.8 Å². The molecule has 6 aromatic carbocycles. The Morgan fingerprint density at radius 3 is 1.58 bits per heavy atom. The molecule has 16 nitrogen and oxygen atoms in total. The standard InChI is InChI=1S/C26H27ClN4O3.C14H10N2O.C10H13ClN2O2.C8H18O2Si.CH4/c1-17(2)34-24-12-11-20(15-21(24)27)26(33)30-31(13-14-32)16-18-7-9-19(10-8-18)25-28-22-5-3-4-6-23(22)29-25;17-9-10-5-7-11(8-6-10)14-15-12-3-1-2-4-13(12)16-14;1-6(2)15-9-4-3-7(5-8(9)11)10(14)13-12;1-8(2,3)11(4,5)10-7-6-9;/h3-12,15,17,32H,13-14,16H2,1-2H3,(H,28,29)(H,30,33);1-9H,(H,15,16);3-6H,12H2,1-2H3,(H,13,14);6H,7H2,1-5H3;1H4.